The van der Waals surface area contributed by atoms with Crippen molar-refractivity contribution < 1.29 is 9.59 Å². The van der Waals surface area contributed by atoms with Crippen molar-refractivity contribution >= 4 is 23.2 Å². The number of benzene rings is 1. The second kappa shape index (κ2) is 6.75. The highest BCUT2D eigenvalue weighted by atomic mass is 32.1. The summed E-state index contributed by atoms with van der Waals surface area (Å²) in [5.41, 5.74) is 1.21. The van der Waals surface area contributed by atoms with Gasteiger partial charge in [-0.3, -0.25) is 9.59 Å². The molecule has 0 bridgehead atoms. The number of thiophene rings is 1. The van der Waals surface area contributed by atoms with Crippen LogP contribution in [0.15, 0.2) is 47.8 Å². The molecule has 0 radical (unpaired) electrons. The standard InChI is InChI=1S/C17H18N2O2S/c20-16(18-9-8-13-5-2-1-3-6-13)14-11-19(12-14)17(21)15-7-4-10-22-15/h1-7,10,14H,8-9,11-12H2,(H,18,20). The topological polar surface area (TPSA) is 49.4 Å². The predicted molar refractivity (Wildman–Crippen MR) is 86.9 cm³/mol. The molecule has 1 aromatic heterocycles. The Balaban J connectivity index is 1.39. The van der Waals surface area contributed by atoms with Crippen LogP contribution >= 0.6 is 11.3 Å². The van der Waals surface area contributed by atoms with Gasteiger partial charge in [-0.1, -0.05) is 36.4 Å². The van der Waals surface area contributed by atoms with E-state index >= 15 is 0 Å². The molecular formula is C17H18N2O2S. The van der Waals surface area contributed by atoms with Crippen molar-refractivity contribution in [2.75, 3.05) is 19.6 Å². The summed E-state index contributed by atoms with van der Waals surface area (Å²) >= 11 is 1.44. The highest BCUT2D eigenvalue weighted by Gasteiger charge is 2.36. The second-order valence-electron chi connectivity index (χ2n) is 5.41. The summed E-state index contributed by atoms with van der Waals surface area (Å²) in [6.45, 7) is 1.68. The third-order valence-corrected chi connectivity index (χ3v) is 4.69. The molecule has 0 spiro atoms. The molecule has 1 aliphatic heterocycles. The van der Waals surface area contributed by atoms with Gasteiger partial charge in [0.2, 0.25) is 5.91 Å². The summed E-state index contributed by atoms with van der Waals surface area (Å²) in [5.74, 6) is 0.00850. The van der Waals surface area contributed by atoms with Crippen LogP contribution < -0.4 is 5.32 Å². The van der Waals surface area contributed by atoms with Gasteiger partial charge in [-0.25, -0.2) is 0 Å². The molecule has 5 heteroatoms. The van der Waals surface area contributed by atoms with Crippen molar-refractivity contribution in [1.29, 1.82) is 0 Å². The molecule has 1 aromatic carbocycles. The maximum absolute atomic E-state index is 12.1. The van der Waals surface area contributed by atoms with Gasteiger partial charge in [0, 0.05) is 19.6 Å². The van der Waals surface area contributed by atoms with Crippen LogP contribution in [0.5, 0.6) is 0 Å². The second-order valence-corrected chi connectivity index (χ2v) is 6.36. The number of nitrogens with zero attached hydrogens (tertiary/aromatic N) is 1. The lowest BCUT2D eigenvalue weighted by Gasteiger charge is -2.37. The largest absolute Gasteiger partial charge is 0.355 e. The molecule has 4 nitrogen and oxygen atoms in total. The fraction of sp³-hybridized carbons (Fsp3) is 0.294. The van der Waals surface area contributed by atoms with Gasteiger partial charge in [-0.05, 0) is 23.4 Å². The van der Waals surface area contributed by atoms with Crippen molar-refractivity contribution in [1.82, 2.24) is 10.2 Å². The molecule has 1 N–H and O–H groups in total. The van der Waals surface area contributed by atoms with Gasteiger partial charge in [-0.15, -0.1) is 11.3 Å². The van der Waals surface area contributed by atoms with Crippen molar-refractivity contribution in [2.24, 2.45) is 5.92 Å². The van der Waals surface area contributed by atoms with Gasteiger partial charge in [0.05, 0.1) is 10.8 Å². The maximum atomic E-state index is 12.1. The Morgan fingerprint density at radius 1 is 1.14 bits per heavy atom. The van der Waals surface area contributed by atoms with Gasteiger partial charge in [0.1, 0.15) is 0 Å². The molecule has 22 heavy (non-hydrogen) atoms. The van der Waals surface area contributed by atoms with Crippen molar-refractivity contribution in [3.63, 3.8) is 0 Å². The van der Waals surface area contributed by atoms with E-state index in [4.69, 9.17) is 0 Å². The summed E-state index contributed by atoms with van der Waals surface area (Å²) in [4.78, 5) is 26.6. The molecule has 0 unspecified atom stereocenters. The van der Waals surface area contributed by atoms with E-state index in [1.165, 1.54) is 16.9 Å². The van der Waals surface area contributed by atoms with Crippen LogP contribution in [0.25, 0.3) is 0 Å². The van der Waals surface area contributed by atoms with Crippen LogP contribution in [0.1, 0.15) is 15.2 Å². The van der Waals surface area contributed by atoms with Gasteiger partial charge in [-0.2, -0.15) is 0 Å². The Hall–Kier alpha value is -2.14. The van der Waals surface area contributed by atoms with E-state index in [1.54, 1.807) is 4.90 Å². The highest BCUT2D eigenvalue weighted by Crippen LogP contribution is 2.21. The number of hydrogen-bond donors (Lipinski definition) is 1. The molecule has 3 rings (SSSR count). The Bertz CT molecular complexity index is 634. The third kappa shape index (κ3) is 3.36. The number of hydrogen-bond acceptors (Lipinski definition) is 3. The van der Waals surface area contributed by atoms with E-state index in [-0.39, 0.29) is 17.7 Å². The molecule has 2 amide bonds. The number of likely N-dealkylation sites (tertiary alicyclic amines) is 1. The third-order valence-electron chi connectivity index (χ3n) is 3.83. The van der Waals surface area contributed by atoms with E-state index in [0.29, 0.717) is 19.6 Å². The zero-order chi connectivity index (χ0) is 15.4. The van der Waals surface area contributed by atoms with E-state index < -0.39 is 0 Å². The first kappa shape index (κ1) is 14.8. The Morgan fingerprint density at radius 3 is 2.59 bits per heavy atom. The Kier molecular flexibility index (Phi) is 4.53. The number of amides is 2. The molecule has 0 saturated carbocycles. The van der Waals surface area contributed by atoms with E-state index in [1.807, 2.05) is 35.7 Å². The molecule has 0 atom stereocenters. The minimum Gasteiger partial charge on any atom is -0.355 e. The lowest BCUT2D eigenvalue weighted by molar-refractivity contribution is -0.128. The van der Waals surface area contributed by atoms with Crippen molar-refractivity contribution in [3.8, 4) is 0 Å². The summed E-state index contributed by atoms with van der Waals surface area (Å²) in [6.07, 6.45) is 0.830. The lowest BCUT2D eigenvalue weighted by atomic mass is 9.98. The van der Waals surface area contributed by atoms with Crippen LogP contribution in [-0.4, -0.2) is 36.3 Å². The van der Waals surface area contributed by atoms with E-state index in [9.17, 15) is 9.59 Å². The average molecular weight is 314 g/mol. The molecule has 2 aromatic rings. The highest BCUT2D eigenvalue weighted by molar-refractivity contribution is 7.12. The Morgan fingerprint density at radius 2 is 1.91 bits per heavy atom. The fourth-order valence-electron chi connectivity index (χ4n) is 2.49. The summed E-state index contributed by atoms with van der Waals surface area (Å²) < 4.78 is 0. The van der Waals surface area contributed by atoms with E-state index in [0.717, 1.165) is 11.3 Å². The number of rotatable bonds is 5. The zero-order valence-electron chi connectivity index (χ0n) is 12.2. The van der Waals surface area contributed by atoms with Gasteiger partial charge >= 0.3 is 0 Å². The number of carbonyl (C=O) groups is 2. The normalized spacial score (nSPS) is 14.5. The van der Waals surface area contributed by atoms with Crippen LogP contribution in [0.4, 0.5) is 0 Å². The number of nitrogens with one attached hydrogen (secondary N) is 1. The molecular weight excluding hydrogens is 296 g/mol. The van der Waals surface area contributed by atoms with Crippen molar-refractivity contribution in [3.05, 3.63) is 58.3 Å². The van der Waals surface area contributed by atoms with E-state index in [2.05, 4.69) is 17.4 Å². The molecule has 1 fully saturated rings. The van der Waals surface area contributed by atoms with Gasteiger partial charge in [0.15, 0.2) is 0 Å². The monoisotopic (exact) mass is 314 g/mol. The first-order valence-electron chi connectivity index (χ1n) is 7.38. The lowest BCUT2D eigenvalue weighted by Crippen LogP contribution is -2.55. The van der Waals surface area contributed by atoms with Crippen LogP contribution in [0, 0.1) is 5.92 Å². The van der Waals surface area contributed by atoms with Crippen LogP contribution in [-0.2, 0) is 11.2 Å². The smallest absolute Gasteiger partial charge is 0.263 e. The maximum Gasteiger partial charge on any atom is 0.263 e. The van der Waals surface area contributed by atoms with Gasteiger partial charge in [0.25, 0.3) is 5.91 Å². The molecule has 1 saturated heterocycles. The van der Waals surface area contributed by atoms with Crippen LogP contribution in [0.2, 0.25) is 0 Å². The van der Waals surface area contributed by atoms with Crippen molar-refractivity contribution in [2.45, 2.75) is 6.42 Å². The fourth-order valence-corrected chi connectivity index (χ4v) is 3.18. The minimum atomic E-state index is -0.0697. The SMILES string of the molecule is O=C(NCCc1ccccc1)C1CN(C(=O)c2cccs2)C1. The molecule has 0 aliphatic carbocycles. The zero-order valence-corrected chi connectivity index (χ0v) is 13.0. The first-order chi connectivity index (χ1) is 10.7. The molecule has 114 valence electrons. The summed E-state index contributed by atoms with van der Waals surface area (Å²) in [7, 11) is 0. The molecule has 2 heterocycles. The quantitative estimate of drug-likeness (QED) is 0.919. The first-order valence-corrected chi connectivity index (χ1v) is 8.26. The summed E-state index contributed by atoms with van der Waals surface area (Å²) in [6, 6.07) is 13.8. The van der Waals surface area contributed by atoms with Gasteiger partial charge < -0.3 is 10.2 Å². The number of carbonyl (C=O) groups excluding carboxylic acids is 2. The predicted octanol–water partition coefficient (Wildman–Crippen LogP) is 2.18. The molecule has 1 aliphatic rings. The Labute approximate surface area is 133 Å². The minimum absolute atomic E-state index is 0.0309. The average Bonchev–Trinajstić information content (AvgIpc) is 3.01. The van der Waals surface area contributed by atoms with Crippen LogP contribution in [0.3, 0.4) is 0 Å². The summed E-state index contributed by atoms with van der Waals surface area (Å²) in [5, 5.41) is 4.84.